The Labute approximate surface area is 82.6 Å². The first-order valence-electron chi connectivity index (χ1n) is 4.63. The molecule has 1 atom stereocenters. The first-order valence-corrected chi connectivity index (χ1v) is 4.63. The SMILES string of the molecule is N#Cc1cccc2c1OCC[C@@H]2CO. The normalized spacial score (nSPS) is 19.3. The number of para-hydroxylation sites is 1. The lowest BCUT2D eigenvalue weighted by Gasteiger charge is -2.24. The van der Waals surface area contributed by atoms with Crippen LogP contribution in [0.5, 0.6) is 5.75 Å². The van der Waals surface area contributed by atoms with Crippen molar-refractivity contribution in [2.24, 2.45) is 0 Å². The highest BCUT2D eigenvalue weighted by Gasteiger charge is 2.22. The Kier molecular flexibility index (Phi) is 2.38. The highest BCUT2D eigenvalue weighted by molar-refractivity contribution is 5.50. The molecule has 1 aromatic rings. The molecule has 0 fully saturated rings. The Balaban J connectivity index is 2.50. The molecule has 0 amide bonds. The molecule has 2 rings (SSSR count). The quantitative estimate of drug-likeness (QED) is 0.726. The topological polar surface area (TPSA) is 53.2 Å². The van der Waals surface area contributed by atoms with Gasteiger partial charge in [0, 0.05) is 11.5 Å². The third-order valence-corrected chi connectivity index (χ3v) is 2.54. The molecule has 3 nitrogen and oxygen atoms in total. The molecule has 3 heteroatoms. The van der Waals surface area contributed by atoms with Crippen molar-refractivity contribution in [3.8, 4) is 11.8 Å². The van der Waals surface area contributed by atoms with E-state index >= 15 is 0 Å². The van der Waals surface area contributed by atoms with Crippen molar-refractivity contribution >= 4 is 0 Å². The molecule has 0 unspecified atom stereocenters. The van der Waals surface area contributed by atoms with Crippen LogP contribution in [0.2, 0.25) is 0 Å². The van der Waals surface area contributed by atoms with E-state index in [0.29, 0.717) is 17.9 Å². The van der Waals surface area contributed by atoms with Gasteiger partial charge in [-0.15, -0.1) is 0 Å². The summed E-state index contributed by atoms with van der Waals surface area (Å²) in [6.45, 7) is 0.697. The Morgan fingerprint density at radius 3 is 3.14 bits per heavy atom. The maximum Gasteiger partial charge on any atom is 0.140 e. The molecule has 72 valence electrons. The fraction of sp³-hybridized carbons (Fsp3) is 0.364. The van der Waals surface area contributed by atoms with Crippen molar-refractivity contribution in [2.45, 2.75) is 12.3 Å². The summed E-state index contributed by atoms with van der Waals surface area (Å²) >= 11 is 0. The third kappa shape index (κ3) is 1.34. The van der Waals surface area contributed by atoms with Gasteiger partial charge in [-0.25, -0.2) is 0 Å². The van der Waals surface area contributed by atoms with Gasteiger partial charge < -0.3 is 9.84 Å². The van der Waals surface area contributed by atoms with Crippen molar-refractivity contribution < 1.29 is 9.84 Å². The Morgan fingerprint density at radius 1 is 1.57 bits per heavy atom. The summed E-state index contributed by atoms with van der Waals surface area (Å²) in [4.78, 5) is 0. The molecule has 1 aliphatic heterocycles. The number of aliphatic hydroxyl groups is 1. The predicted octanol–water partition coefficient (Wildman–Crippen LogP) is 1.42. The molecule has 0 aliphatic carbocycles. The number of nitrogens with zero attached hydrogens (tertiary/aromatic N) is 1. The summed E-state index contributed by atoms with van der Waals surface area (Å²) in [7, 11) is 0. The lowest BCUT2D eigenvalue weighted by atomic mass is 9.92. The van der Waals surface area contributed by atoms with E-state index in [1.54, 1.807) is 6.07 Å². The van der Waals surface area contributed by atoms with Gasteiger partial charge in [0.05, 0.1) is 18.8 Å². The largest absolute Gasteiger partial charge is 0.492 e. The van der Waals surface area contributed by atoms with Crippen LogP contribution in [0, 0.1) is 11.3 Å². The summed E-state index contributed by atoms with van der Waals surface area (Å²) in [6, 6.07) is 7.57. The van der Waals surface area contributed by atoms with Crippen LogP contribution in [0.3, 0.4) is 0 Å². The van der Waals surface area contributed by atoms with Crippen LogP contribution < -0.4 is 4.74 Å². The second kappa shape index (κ2) is 3.69. The first-order chi connectivity index (χ1) is 6.86. The molecule has 0 bridgehead atoms. The minimum Gasteiger partial charge on any atom is -0.492 e. The van der Waals surface area contributed by atoms with E-state index in [9.17, 15) is 0 Å². The van der Waals surface area contributed by atoms with Gasteiger partial charge in [-0.1, -0.05) is 12.1 Å². The zero-order valence-corrected chi connectivity index (χ0v) is 7.73. The molecular weight excluding hydrogens is 178 g/mol. The van der Waals surface area contributed by atoms with Gasteiger partial charge >= 0.3 is 0 Å². The van der Waals surface area contributed by atoms with Gasteiger partial charge in [0.15, 0.2) is 0 Å². The number of nitriles is 1. The summed E-state index contributed by atoms with van der Waals surface area (Å²) in [5.41, 5.74) is 1.51. The molecule has 0 saturated carbocycles. The second-order valence-electron chi connectivity index (χ2n) is 3.35. The van der Waals surface area contributed by atoms with E-state index in [0.717, 1.165) is 12.0 Å². The molecule has 0 spiro atoms. The lowest BCUT2D eigenvalue weighted by Crippen LogP contribution is -2.17. The van der Waals surface area contributed by atoms with E-state index in [-0.39, 0.29) is 12.5 Å². The summed E-state index contributed by atoms with van der Waals surface area (Å²) in [6.07, 6.45) is 0.818. The number of hydrogen-bond donors (Lipinski definition) is 1. The smallest absolute Gasteiger partial charge is 0.140 e. The van der Waals surface area contributed by atoms with Crippen molar-refractivity contribution in [2.75, 3.05) is 13.2 Å². The number of fused-ring (bicyclic) bond motifs is 1. The minimum absolute atomic E-state index is 0.116. The molecule has 0 radical (unpaired) electrons. The molecular formula is C11H11NO2. The van der Waals surface area contributed by atoms with Crippen LogP contribution in [0.4, 0.5) is 0 Å². The van der Waals surface area contributed by atoms with E-state index in [1.165, 1.54) is 0 Å². The van der Waals surface area contributed by atoms with Gasteiger partial charge in [0.2, 0.25) is 0 Å². The van der Waals surface area contributed by atoms with E-state index in [1.807, 2.05) is 12.1 Å². The standard InChI is InChI=1S/C11H11NO2/c12-6-8-2-1-3-10-9(7-13)4-5-14-11(8)10/h1-3,9,13H,4-5,7H2/t9-/m1/s1. The van der Waals surface area contributed by atoms with Crippen LogP contribution in [0.25, 0.3) is 0 Å². The van der Waals surface area contributed by atoms with Crippen molar-refractivity contribution in [3.63, 3.8) is 0 Å². The highest BCUT2D eigenvalue weighted by Crippen LogP contribution is 2.35. The van der Waals surface area contributed by atoms with Crippen LogP contribution in [-0.4, -0.2) is 18.3 Å². The molecule has 0 aromatic heterocycles. The average molecular weight is 189 g/mol. The Morgan fingerprint density at radius 2 is 2.43 bits per heavy atom. The van der Waals surface area contributed by atoms with Gasteiger partial charge in [0.25, 0.3) is 0 Å². The summed E-state index contributed by atoms with van der Waals surface area (Å²) in [5.74, 6) is 0.771. The molecule has 0 saturated heterocycles. The van der Waals surface area contributed by atoms with Gasteiger partial charge in [-0.05, 0) is 12.5 Å². The van der Waals surface area contributed by atoms with Gasteiger partial charge in [0.1, 0.15) is 11.8 Å². The van der Waals surface area contributed by atoms with E-state index in [2.05, 4.69) is 6.07 Å². The fourth-order valence-electron chi connectivity index (χ4n) is 1.77. The highest BCUT2D eigenvalue weighted by atomic mass is 16.5. The Bertz CT molecular complexity index is 381. The molecule has 1 aromatic carbocycles. The number of benzene rings is 1. The maximum absolute atomic E-state index is 9.16. The fourth-order valence-corrected chi connectivity index (χ4v) is 1.77. The monoisotopic (exact) mass is 189 g/mol. The van der Waals surface area contributed by atoms with Crippen LogP contribution in [0.1, 0.15) is 23.5 Å². The summed E-state index contributed by atoms with van der Waals surface area (Å²) < 4.78 is 5.44. The molecule has 1 N–H and O–H groups in total. The van der Waals surface area contributed by atoms with E-state index in [4.69, 9.17) is 15.1 Å². The van der Waals surface area contributed by atoms with Crippen LogP contribution in [0.15, 0.2) is 18.2 Å². The average Bonchev–Trinajstić information content (AvgIpc) is 2.27. The zero-order valence-electron chi connectivity index (χ0n) is 7.73. The molecule has 14 heavy (non-hydrogen) atoms. The Hall–Kier alpha value is -1.53. The maximum atomic E-state index is 9.16. The van der Waals surface area contributed by atoms with Gasteiger partial charge in [-0.2, -0.15) is 5.26 Å². The lowest BCUT2D eigenvalue weighted by molar-refractivity contribution is 0.205. The first kappa shape index (κ1) is 9.04. The predicted molar refractivity (Wildman–Crippen MR) is 51.1 cm³/mol. The third-order valence-electron chi connectivity index (χ3n) is 2.54. The number of rotatable bonds is 1. The van der Waals surface area contributed by atoms with Crippen molar-refractivity contribution in [1.29, 1.82) is 5.26 Å². The van der Waals surface area contributed by atoms with Crippen molar-refractivity contribution in [1.82, 2.24) is 0 Å². The number of aliphatic hydroxyl groups excluding tert-OH is 1. The van der Waals surface area contributed by atoms with Crippen LogP contribution >= 0.6 is 0 Å². The zero-order chi connectivity index (χ0) is 9.97. The van der Waals surface area contributed by atoms with Crippen LogP contribution in [-0.2, 0) is 0 Å². The molecule has 1 aliphatic rings. The van der Waals surface area contributed by atoms with E-state index < -0.39 is 0 Å². The van der Waals surface area contributed by atoms with Crippen molar-refractivity contribution in [3.05, 3.63) is 29.3 Å². The number of hydrogen-bond acceptors (Lipinski definition) is 3. The minimum atomic E-state index is 0.116. The second-order valence-corrected chi connectivity index (χ2v) is 3.35. The van der Waals surface area contributed by atoms with Gasteiger partial charge in [-0.3, -0.25) is 0 Å². The number of ether oxygens (including phenoxy) is 1. The summed E-state index contributed by atoms with van der Waals surface area (Å²) in [5, 5.41) is 18.0. The molecule has 1 heterocycles.